The van der Waals surface area contributed by atoms with Gasteiger partial charge in [0.15, 0.2) is 11.6 Å². The van der Waals surface area contributed by atoms with E-state index in [1.54, 1.807) is 6.92 Å². The first kappa shape index (κ1) is 10.4. The van der Waals surface area contributed by atoms with E-state index in [1.165, 1.54) is 6.07 Å². The molecule has 1 unspecified atom stereocenters. The van der Waals surface area contributed by atoms with Crippen LogP contribution in [-0.4, -0.2) is 6.04 Å². The minimum Gasteiger partial charge on any atom is -0.328 e. The molecule has 0 fully saturated rings. The Bertz CT molecular complexity index is 313. The third kappa shape index (κ3) is 2.39. The van der Waals surface area contributed by atoms with E-state index in [0.29, 0.717) is 12.0 Å². The molecule has 1 atom stereocenters. The average molecular weight is 206 g/mol. The van der Waals surface area contributed by atoms with Crippen molar-refractivity contribution in [1.29, 1.82) is 0 Å². The maximum Gasteiger partial charge on any atom is 0.177 e. The zero-order valence-electron chi connectivity index (χ0n) is 7.15. The molecule has 1 aromatic rings. The normalized spacial score (nSPS) is 13.0. The van der Waals surface area contributed by atoms with Crippen molar-refractivity contribution in [3.8, 4) is 0 Å². The Kier molecular flexibility index (Phi) is 3.22. The maximum atomic E-state index is 12.9. The minimum absolute atomic E-state index is 0.123. The van der Waals surface area contributed by atoms with Crippen LogP contribution in [0.15, 0.2) is 12.1 Å². The van der Waals surface area contributed by atoms with Gasteiger partial charge in [-0.3, -0.25) is 0 Å². The third-order valence-corrected chi connectivity index (χ3v) is 2.07. The molecule has 0 aliphatic heterocycles. The molecule has 0 aliphatic rings. The highest BCUT2D eigenvalue weighted by Crippen LogP contribution is 2.23. The van der Waals surface area contributed by atoms with E-state index in [-0.39, 0.29) is 11.1 Å². The first-order valence-corrected chi connectivity index (χ1v) is 4.28. The van der Waals surface area contributed by atoms with Crippen molar-refractivity contribution in [1.82, 2.24) is 0 Å². The summed E-state index contributed by atoms with van der Waals surface area (Å²) in [4.78, 5) is 0. The van der Waals surface area contributed by atoms with Crippen molar-refractivity contribution in [3.05, 3.63) is 34.4 Å². The van der Waals surface area contributed by atoms with Crippen LogP contribution in [-0.2, 0) is 6.42 Å². The highest BCUT2D eigenvalue weighted by atomic mass is 35.5. The SMILES string of the molecule is CC(N)Cc1ccc(F)c(F)c1Cl. The molecule has 0 heterocycles. The predicted octanol–water partition coefficient (Wildman–Crippen LogP) is 2.51. The maximum absolute atomic E-state index is 12.9. The third-order valence-electron chi connectivity index (χ3n) is 1.66. The standard InChI is InChI=1S/C9H10ClF2N/c1-5(13)4-6-2-3-7(11)9(12)8(6)10/h2-3,5H,4,13H2,1H3. The second-order valence-corrected chi connectivity index (χ2v) is 3.39. The highest BCUT2D eigenvalue weighted by Gasteiger charge is 2.11. The van der Waals surface area contributed by atoms with Gasteiger partial charge in [-0.15, -0.1) is 0 Å². The molecule has 0 amide bonds. The van der Waals surface area contributed by atoms with Crippen molar-refractivity contribution in [2.75, 3.05) is 0 Å². The molecule has 0 aliphatic carbocycles. The minimum atomic E-state index is -1.00. The Morgan fingerprint density at radius 2 is 2.08 bits per heavy atom. The molecule has 0 spiro atoms. The van der Waals surface area contributed by atoms with Crippen LogP contribution in [0.5, 0.6) is 0 Å². The predicted molar refractivity (Wildman–Crippen MR) is 48.7 cm³/mol. The molecule has 0 bridgehead atoms. The molecule has 2 N–H and O–H groups in total. The first-order valence-electron chi connectivity index (χ1n) is 3.90. The van der Waals surface area contributed by atoms with E-state index >= 15 is 0 Å². The van der Waals surface area contributed by atoms with Crippen LogP contribution in [0.4, 0.5) is 8.78 Å². The Labute approximate surface area is 80.5 Å². The van der Waals surface area contributed by atoms with Crippen LogP contribution in [0.25, 0.3) is 0 Å². The van der Waals surface area contributed by atoms with Crippen LogP contribution in [0.1, 0.15) is 12.5 Å². The van der Waals surface area contributed by atoms with E-state index in [0.717, 1.165) is 6.07 Å². The Balaban J connectivity index is 3.04. The van der Waals surface area contributed by atoms with Gasteiger partial charge in [0, 0.05) is 6.04 Å². The van der Waals surface area contributed by atoms with Gasteiger partial charge in [-0.2, -0.15) is 0 Å². The van der Waals surface area contributed by atoms with Gasteiger partial charge < -0.3 is 5.73 Å². The van der Waals surface area contributed by atoms with Crippen LogP contribution in [0, 0.1) is 11.6 Å². The smallest absolute Gasteiger partial charge is 0.177 e. The lowest BCUT2D eigenvalue weighted by Gasteiger charge is -2.07. The monoisotopic (exact) mass is 205 g/mol. The van der Waals surface area contributed by atoms with Crippen molar-refractivity contribution in [2.24, 2.45) is 5.73 Å². The number of halogens is 3. The van der Waals surface area contributed by atoms with E-state index < -0.39 is 11.6 Å². The summed E-state index contributed by atoms with van der Waals surface area (Å²) in [6, 6.07) is 2.38. The van der Waals surface area contributed by atoms with Gasteiger partial charge in [-0.1, -0.05) is 17.7 Å². The van der Waals surface area contributed by atoms with Crippen LogP contribution >= 0.6 is 11.6 Å². The Hall–Kier alpha value is -0.670. The second-order valence-electron chi connectivity index (χ2n) is 3.02. The molecule has 0 aromatic heterocycles. The second kappa shape index (κ2) is 4.03. The van der Waals surface area contributed by atoms with Gasteiger partial charge in [0.25, 0.3) is 0 Å². The molecule has 0 saturated carbocycles. The lowest BCUT2D eigenvalue weighted by Crippen LogP contribution is -2.18. The summed E-state index contributed by atoms with van der Waals surface area (Å²) in [7, 11) is 0. The van der Waals surface area contributed by atoms with Gasteiger partial charge in [-0.05, 0) is 25.0 Å². The van der Waals surface area contributed by atoms with Crippen LogP contribution in [0.3, 0.4) is 0 Å². The summed E-state index contributed by atoms with van der Waals surface area (Å²) in [5.74, 6) is -1.93. The number of benzene rings is 1. The Morgan fingerprint density at radius 3 is 2.62 bits per heavy atom. The lowest BCUT2D eigenvalue weighted by molar-refractivity contribution is 0.507. The van der Waals surface area contributed by atoms with Gasteiger partial charge in [0.1, 0.15) is 0 Å². The molecule has 1 aromatic carbocycles. The molecule has 72 valence electrons. The van der Waals surface area contributed by atoms with Crippen LogP contribution in [0.2, 0.25) is 5.02 Å². The zero-order valence-corrected chi connectivity index (χ0v) is 7.91. The molecule has 1 nitrogen and oxygen atoms in total. The number of hydrogen-bond acceptors (Lipinski definition) is 1. The molecule has 1 rings (SSSR count). The lowest BCUT2D eigenvalue weighted by atomic mass is 10.1. The Morgan fingerprint density at radius 1 is 1.46 bits per heavy atom. The van der Waals surface area contributed by atoms with E-state index in [1.807, 2.05) is 0 Å². The molecule has 0 saturated heterocycles. The summed E-state index contributed by atoms with van der Waals surface area (Å²) >= 11 is 5.57. The van der Waals surface area contributed by atoms with Gasteiger partial charge in [0.05, 0.1) is 5.02 Å². The summed E-state index contributed by atoms with van der Waals surface area (Å²) in [6.45, 7) is 1.78. The van der Waals surface area contributed by atoms with Crippen molar-refractivity contribution < 1.29 is 8.78 Å². The van der Waals surface area contributed by atoms with Gasteiger partial charge in [0.2, 0.25) is 0 Å². The van der Waals surface area contributed by atoms with Crippen molar-refractivity contribution in [3.63, 3.8) is 0 Å². The zero-order chi connectivity index (χ0) is 10.0. The summed E-state index contributed by atoms with van der Waals surface area (Å²) in [5.41, 5.74) is 6.04. The van der Waals surface area contributed by atoms with Gasteiger partial charge >= 0.3 is 0 Å². The number of hydrogen-bond donors (Lipinski definition) is 1. The fraction of sp³-hybridized carbons (Fsp3) is 0.333. The fourth-order valence-electron chi connectivity index (χ4n) is 1.07. The first-order chi connectivity index (χ1) is 6.02. The van der Waals surface area contributed by atoms with E-state index in [4.69, 9.17) is 17.3 Å². The molecule has 13 heavy (non-hydrogen) atoms. The molecule has 0 radical (unpaired) electrons. The molecule has 4 heteroatoms. The highest BCUT2D eigenvalue weighted by molar-refractivity contribution is 6.31. The van der Waals surface area contributed by atoms with Gasteiger partial charge in [-0.25, -0.2) is 8.78 Å². The van der Waals surface area contributed by atoms with Crippen molar-refractivity contribution in [2.45, 2.75) is 19.4 Å². The summed E-state index contributed by atoms with van der Waals surface area (Å²) in [5, 5.41) is -0.169. The molecular weight excluding hydrogens is 196 g/mol. The van der Waals surface area contributed by atoms with E-state index in [9.17, 15) is 8.78 Å². The quantitative estimate of drug-likeness (QED) is 0.738. The van der Waals surface area contributed by atoms with Crippen LogP contribution < -0.4 is 5.73 Å². The summed E-state index contributed by atoms with van der Waals surface area (Å²) in [6.07, 6.45) is 0.441. The van der Waals surface area contributed by atoms with E-state index in [2.05, 4.69) is 0 Å². The van der Waals surface area contributed by atoms with Crippen molar-refractivity contribution >= 4 is 11.6 Å². The topological polar surface area (TPSA) is 26.0 Å². The molecular formula is C9H10ClF2N. The fourth-order valence-corrected chi connectivity index (χ4v) is 1.30. The summed E-state index contributed by atoms with van der Waals surface area (Å²) < 4.78 is 25.5. The number of rotatable bonds is 2. The largest absolute Gasteiger partial charge is 0.328 e. The number of nitrogens with two attached hydrogens (primary N) is 1. The average Bonchev–Trinajstić information content (AvgIpc) is 2.06.